The van der Waals surface area contributed by atoms with Gasteiger partial charge in [0.2, 0.25) is 0 Å². The Labute approximate surface area is 131 Å². The molecule has 0 amide bonds. The zero-order chi connectivity index (χ0) is 15.0. The van der Waals surface area contributed by atoms with Crippen LogP contribution in [-0.4, -0.2) is 24.7 Å². The second-order valence-electron chi connectivity index (χ2n) is 6.91. The van der Waals surface area contributed by atoms with Crippen molar-refractivity contribution in [1.82, 2.24) is 5.32 Å². The standard InChI is InChI=1S/C17H24ClFN2/c1-12(2)16-10-20-17(7-3-4-8-17)11-21(16)13-5-6-14(18)15(19)9-13/h5-6,9,12,16,20H,3-4,7-8,10-11H2,1-2H3. The van der Waals surface area contributed by atoms with Crippen molar-refractivity contribution in [2.75, 3.05) is 18.0 Å². The van der Waals surface area contributed by atoms with Crippen LogP contribution in [0.2, 0.25) is 5.02 Å². The first kappa shape index (κ1) is 15.1. The summed E-state index contributed by atoms with van der Waals surface area (Å²) in [6.45, 7) is 6.41. The molecule has 0 bridgehead atoms. The van der Waals surface area contributed by atoms with E-state index in [2.05, 4.69) is 24.1 Å². The van der Waals surface area contributed by atoms with E-state index in [0.717, 1.165) is 18.8 Å². The van der Waals surface area contributed by atoms with E-state index < -0.39 is 0 Å². The predicted molar refractivity (Wildman–Crippen MR) is 86.6 cm³/mol. The summed E-state index contributed by atoms with van der Waals surface area (Å²) < 4.78 is 13.9. The van der Waals surface area contributed by atoms with Crippen LogP contribution in [0.1, 0.15) is 39.5 Å². The fourth-order valence-corrected chi connectivity index (χ4v) is 3.98. The first-order valence-corrected chi connectivity index (χ1v) is 8.35. The lowest BCUT2D eigenvalue weighted by Gasteiger charge is -2.49. The van der Waals surface area contributed by atoms with Gasteiger partial charge in [0.1, 0.15) is 5.82 Å². The first-order chi connectivity index (χ1) is 10.0. The van der Waals surface area contributed by atoms with E-state index in [1.807, 2.05) is 6.07 Å². The zero-order valence-electron chi connectivity index (χ0n) is 12.8. The minimum absolute atomic E-state index is 0.200. The Morgan fingerprint density at radius 2 is 2.05 bits per heavy atom. The third-order valence-electron chi connectivity index (χ3n) is 5.12. The number of nitrogens with zero attached hydrogens (tertiary/aromatic N) is 1. The van der Waals surface area contributed by atoms with Gasteiger partial charge in [-0.3, -0.25) is 0 Å². The number of benzene rings is 1. The van der Waals surface area contributed by atoms with Crippen LogP contribution in [0.25, 0.3) is 0 Å². The number of rotatable bonds is 2. The molecule has 0 aromatic heterocycles. The molecule has 1 saturated carbocycles. The number of halogens is 2. The van der Waals surface area contributed by atoms with Crippen LogP contribution in [0.15, 0.2) is 18.2 Å². The van der Waals surface area contributed by atoms with E-state index in [1.165, 1.54) is 25.7 Å². The molecule has 0 radical (unpaired) electrons. The van der Waals surface area contributed by atoms with Gasteiger partial charge in [-0.2, -0.15) is 0 Å². The molecule has 1 spiro atoms. The van der Waals surface area contributed by atoms with Crippen molar-refractivity contribution >= 4 is 17.3 Å². The van der Waals surface area contributed by atoms with Crippen LogP contribution in [0.4, 0.5) is 10.1 Å². The maximum absolute atomic E-state index is 13.9. The molecule has 1 aromatic rings. The number of nitrogens with one attached hydrogen (secondary N) is 1. The van der Waals surface area contributed by atoms with Gasteiger partial charge in [-0.25, -0.2) is 4.39 Å². The van der Waals surface area contributed by atoms with Crippen LogP contribution >= 0.6 is 11.6 Å². The molecule has 2 aliphatic rings. The van der Waals surface area contributed by atoms with Crippen molar-refractivity contribution < 1.29 is 4.39 Å². The molecule has 1 N–H and O–H groups in total. The molecule has 2 nitrogen and oxygen atoms in total. The molecule has 4 heteroatoms. The molecular formula is C17H24ClFN2. The molecular weight excluding hydrogens is 287 g/mol. The van der Waals surface area contributed by atoms with Gasteiger partial charge in [0.05, 0.1) is 5.02 Å². The van der Waals surface area contributed by atoms with Crippen molar-refractivity contribution in [3.8, 4) is 0 Å². The maximum atomic E-state index is 13.9. The Morgan fingerprint density at radius 1 is 1.33 bits per heavy atom. The minimum Gasteiger partial charge on any atom is -0.365 e. The highest BCUT2D eigenvalue weighted by atomic mass is 35.5. The first-order valence-electron chi connectivity index (χ1n) is 7.97. The average molecular weight is 311 g/mol. The summed E-state index contributed by atoms with van der Waals surface area (Å²) in [5.74, 6) is 0.200. The molecule has 116 valence electrons. The SMILES string of the molecule is CC(C)C1CNC2(CCCC2)CN1c1ccc(Cl)c(F)c1. The molecule has 1 unspecified atom stereocenters. The van der Waals surface area contributed by atoms with Crippen molar-refractivity contribution in [1.29, 1.82) is 0 Å². The monoisotopic (exact) mass is 310 g/mol. The fraction of sp³-hybridized carbons (Fsp3) is 0.647. The highest BCUT2D eigenvalue weighted by Gasteiger charge is 2.41. The van der Waals surface area contributed by atoms with Crippen LogP contribution in [0, 0.1) is 11.7 Å². The smallest absolute Gasteiger partial charge is 0.143 e. The van der Waals surface area contributed by atoms with Crippen LogP contribution in [-0.2, 0) is 0 Å². The lowest BCUT2D eigenvalue weighted by Crippen LogP contribution is -2.64. The second-order valence-corrected chi connectivity index (χ2v) is 7.31. The van der Waals surface area contributed by atoms with Crippen LogP contribution in [0.5, 0.6) is 0 Å². The van der Waals surface area contributed by atoms with Crippen molar-refractivity contribution in [2.24, 2.45) is 5.92 Å². The molecule has 1 aromatic carbocycles. The Hall–Kier alpha value is -0.800. The minimum atomic E-state index is -0.323. The Morgan fingerprint density at radius 3 is 2.67 bits per heavy atom. The normalized spacial score (nSPS) is 25.0. The van der Waals surface area contributed by atoms with E-state index in [9.17, 15) is 4.39 Å². The lowest BCUT2D eigenvalue weighted by atomic mass is 9.88. The summed E-state index contributed by atoms with van der Waals surface area (Å²) in [6.07, 6.45) is 5.04. The third kappa shape index (κ3) is 2.91. The molecule has 1 aliphatic carbocycles. The highest BCUT2D eigenvalue weighted by molar-refractivity contribution is 6.30. The molecule has 21 heavy (non-hydrogen) atoms. The van der Waals surface area contributed by atoms with Crippen molar-refractivity contribution in [2.45, 2.75) is 51.1 Å². The van der Waals surface area contributed by atoms with Gasteiger partial charge in [-0.1, -0.05) is 38.3 Å². The summed E-state index contributed by atoms with van der Waals surface area (Å²) >= 11 is 5.83. The maximum Gasteiger partial charge on any atom is 0.143 e. The third-order valence-corrected chi connectivity index (χ3v) is 5.43. The molecule has 3 rings (SSSR count). The van der Waals surface area contributed by atoms with Crippen molar-refractivity contribution in [3.05, 3.63) is 29.0 Å². The molecule has 1 aliphatic heterocycles. The fourth-order valence-electron chi connectivity index (χ4n) is 3.86. The lowest BCUT2D eigenvalue weighted by molar-refractivity contribution is 0.245. The Kier molecular flexibility index (Phi) is 4.15. The largest absolute Gasteiger partial charge is 0.365 e. The Bertz CT molecular complexity index is 512. The second kappa shape index (κ2) is 5.77. The summed E-state index contributed by atoms with van der Waals surface area (Å²) in [4.78, 5) is 2.39. The molecule has 2 fully saturated rings. The summed E-state index contributed by atoms with van der Waals surface area (Å²) in [5.41, 5.74) is 1.19. The van der Waals surface area contributed by atoms with Gasteiger partial charge in [0.25, 0.3) is 0 Å². The van der Waals surface area contributed by atoms with Crippen molar-refractivity contribution in [3.63, 3.8) is 0 Å². The number of hydrogen-bond donors (Lipinski definition) is 1. The number of hydrogen-bond acceptors (Lipinski definition) is 2. The quantitative estimate of drug-likeness (QED) is 0.879. The van der Waals surface area contributed by atoms with Gasteiger partial charge in [0.15, 0.2) is 0 Å². The van der Waals surface area contributed by atoms with Gasteiger partial charge in [-0.15, -0.1) is 0 Å². The van der Waals surface area contributed by atoms with Gasteiger partial charge in [0, 0.05) is 30.4 Å². The zero-order valence-corrected chi connectivity index (χ0v) is 13.6. The van der Waals surface area contributed by atoms with E-state index in [0.29, 0.717) is 12.0 Å². The molecule has 1 saturated heterocycles. The summed E-state index contributed by atoms with van der Waals surface area (Å²) in [7, 11) is 0. The topological polar surface area (TPSA) is 15.3 Å². The highest BCUT2D eigenvalue weighted by Crippen LogP contribution is 2.37. The van der Waals surface area contributed by atoms with E-state index >= 15 is 0 Å². The molecule has 1 heterocycles. The van der Waals surface area contributed by atoms with E-state index in [-0.39, 0.29) is 16.4 Å². The van der Waals surface area contributed by atoms with Gasteiger partial charge >= 0.3 is 0 Å². The number of piperazine rings is 1. The van der Waals surface area contributed by atoms with Crippen LogP contribution < -0.4 is 10.2 Å². The predicted octanol–water partition coefficient (Wildman–Crippen LogP) is 4.23. The summed E-state index contributed by atoms with van der Waals surface area (Å²) in [6, 6.07) is 5.62. The van der Waals surface area contributed by atoms with Crippen LogP contribution in [0.3, 0.4) is 0 Å². The average Bonchev–Trinajstić information content (AvgIpc) is 2.89. The number of anilines is 1. The van der Waals surface area contributed by atoms with E-state index in [4.69, 9.17) is 11.6 Å². The molecule has 1 atom stereocenters. The summed E-state index contributed by atoms with van der Waals surface area (Å²) in [5, 5.41) is 3.99. The van der Waals surface area contributed by atoms with Gasteiger partial charge in [-0.05, 0) is 37.0 Å². The Balaban J connectivity index is 1.91. The van der Waals surface area contributed by atoms with Gasteiger partial charge < -0.3 is 10.2 Å². The van der Waals surface area contributed by atoms with E-state index in [1.54, 1.807) is 12.1 Å².